The summed E-state index contributed by atoms with van der Waals surface area (Å²) in [7, 11) is 1.80. The van der Waals surface area contributed by atoms with Crippen molar-refractivity contribution in [2.75, 3.05) is 55.4 Å². The first-order valence-corrected chi connectivity index (χ1v) is 9.74. The summed E-state index contributed by atoms with van der Waals surface area (Å²) in [6.45, 7) is 5.47. The Hall–Kier alpha value is -2.64. The zero-order valence-corrected chi connectivity index (χ0v) is 17.1. The monoisotopic (exact) mass is 398 g/mol. The molecule has 1 heterocycles. The van der Waals surface area contributed by atoms with Crippen LogP contribution in [-0.2, 0) is 9.53 Å². The lowest BCUT2D eigenvalue weighted by Crippen LogP contribution is -2.37. The van der Waals surface area contributed by atoms with E-state index in [1.54, 1.807) is 11.9 Å². The third-order valence-electron chi connectivity index (χ3n) is 4.64. The van der Waals surface area contributed by atoms with Gasteiger partial charge in [0.2, 0.25) is 5.91 Å². The number of para-hydroxylation sites is 1. The molecule has 0 radical (unpaired) electrons. The van der Waals surface area contributed by atoms with Crippen LogP contribution in [0.25, 0.3) is 0 Å². The van der Waals surface area contributed by atoms with Crippen molar-refractivity contribution >= 4 is 40.3 Å². The van der Waals surface area contributed by atoms with Crippen LogP contribution in [-0.4, -0.2) is 55.8 Å². The molecular weight excluding hydrogens is 372 g/mol. The molecule has 0 unspecified atom stereocenters. The van der Waals surface area contributed by atoms with Gasteiger partial charge < -0.3 is 25.2 Å². The lowest BCUT2D eigenvalue weighted by molar-refractivity contribution is -0.116. The lowest BCUT2D eigenvalue weighted by atomic mass is 10.2. The first-order valence-electron chi connectivity index (χ1n) is 9.33. The number of ether oxygens (including phenoxy) is 1. The van der Waals surface area contributed by atoms with Crippen LogP contribution in [0, 0.1) is 6.92 Å². The summed E-state index contributed by atoms with van der Waals surface area (Å²) in [5.41, 5.74) is 3.96. The van der Waals surface area contributed by atoms with E-state index in [2.05, 4.69) is 15.5 Å². The van der Waals surface area contributed by atoms with Gasteiger partial charge in [0.15, 0.2) is 5.11 Å². The number of carbonyl (C=O) groups is 1. The number of nitrogens with zero attached hydrogens (tertiary/aromatic N) is 2. The van der Waals surface area contributed by atoms with Gasteiger partial charge in [-0.2, -0.15) is 0 Å². The second-order valence-electron chi connectivity index (χ2n) is 6.80. The minimum atomic E-state index is -0.115. The van der Waals surface area contributed by atoms with Gasteiger partial charge >= 0.3 is 0 Å². The van der Waals surface area contributed by atoms with E-state index < -0.39 is 0 Å². The molecule has 0 saturated carbocycles. The van der Waals surface area contributed by atoms with Crippen molar-refractivity contribution in [2.45, 2.75) is 6.92 Å². The van der Waals surface area contributed by atoms with Gasteiger partial charge in [-0.25, -0.2) is 0 Å². The molecule has 6 nitrogen and oxygen atoms in total. The molecule has 1 saturated heterocycles. The Labute approximate surface area is 171 Å². The van der Waals surface area contributed by atoms with Gasteiger partial charge in [0.05, 0.1) is 19.8 Å². The standard InChI is InChI=1S/C21H26N4O2S/c1-16-5-3-4-6-19(16)23-21(28)24(2)15-20(26)22-17-7-9-18(10-8-17)25-11-13-27-14-12-25/h3-10H,11-15H2,1-2H3,(H,22,26)(H,23,28). The summed E-state index contributed by atoms with van der Waals surface area (Å²) in [5.74, 6) is -0.115. The third-order valence-corrected chi connectivity index (χ3v) is 5.06. The van der Waals surface area contributed by atoms with E-state index in [1.807, 2.05) is 55.5 Å². The fraction of sp³-hybridized carbons (Fsp3) is 0.333. The molecule has 2 aromatic carbocycles. The number of thiocarbonyl (C=S) groups is 1. The van der Waals surface area contributed by atoms with Gasteiger partial charge in [-0.3, -0.25) is 4.79 Å². The Bertz CT molecular complexity index is 819. The molecule has 1 fully saturated rings. The molecule has 1 amide bonds. The van der Waals surface area contributed by atoms with Gasteiger partial charge in [0, 0.05) is 37.2 Å². The molecule has 28 heavy (non-hydrogen) atoms. The number of aryl methyl sites for hydroxylation is 1. The molecule has 2 N–H and O–H groups in total. The molecule has 1 aliphatic rings. The summed E-state index contributed by atoms with van der Waals surface area (Å²) in [5, 5.41) is 6.61. The average molecular weight is 399 g/mol. The molecule has 0 bridgehead atoms. The largest absolute Gasteiger partial charge is 0.378 e. The molecule has 3 rings (SSSR count). The Balaban J connectivity index is 1.50. The smallest absolute Gasteiger partial charge is 0.243 e. The number of nitrogens with one attached hydrogen (secondary N) is 2. The highest BCUT2D eigenvalue weighted by atomic mass is 32.1. The quantitative estimate of drug-likeness (QED) is 0.755. The van der Waals surface area contributed by atoms with Crippen molar-refractivity contribution in [2.24, 2.45) is 0 Å². The Morgan fingerprint density at radius 1 is 1.11 bits per heavy atom. The van der Waals surface area contributed by atoms with Gasteiger partial charge in [-0.05, 0) is 55.0 Å². The number of likely N-dealkylation sites (N-methyl/N-ethyl adjacent to an activating group) is 1. The molecular formula is C21H26N4O2S. The predicted molar refractivity (Wildman–Crippen MR) is 118 cm³/mol. The van der Waals surface area contributed by atoms with Gasteiger partial charge in [0.25, 0.3) is 0 Å². The highest BCUT2D eigenvalue weighted by Crippen LogP contribution is 2.19. The summed E-state index contributed by atoms with van der Waals surface area (Å²) >= 11 is 5.41. The van der Waals surface area contributed by atoms with Crippen molar-refractivity contribution in [1.82, 2.24) is 4.90 Å². The highest BCUT2D eigenvalue weighted by Gasteiger charge is 2.13. The van der Waals surface area contributed by atoms with Gasteiger partial charge in [0.1, 0.15) is 0 Å². The average Bonchev–Trinajstić information content (AvgIpc) is 2.71. The highest BCUT2D eigenvalue weighted by molar-refractivity contribution is 7.80. The predicted octanol–water partition coefficient (Wildman–Crippen LogP) is 3.10. The second kappa shape index (κ2) is 9.52. The third kappa shape index (κ3) is 5.43. The van der Waals surface area contributed by atoms with Crippen molar-refractivity contribution in [3.63, 3.8) is 0 Å². The van der Waals surface area contributed by atoms with Crippen LogP contribution in [0.4, 0.5) is 17.1 Å². The zero-order chi connectivity index (χ0) is 19.9. The van der Waals surface area contributed by atoms with E-state index in [9.17, 15) is 4.79 Å². The number of hydrogen-bond acceptors (Lipinski definition) is 4. The number of amides is 1. The van der Waals surface area contributed by atoms with Gasteiger partial charge in [-0.1, -0.05) is 18.2 Å². The molecule has 148 valence electrons. The Morgan fingerprint density at radius 3 is 2.46 bits per heavy atom. The number of morpholine rings is 1. The van der Waals surface area contributed by atoms with Crippen LogP contribution < -0.4 is 15.5 Å². The normalized spacial score (nSPS) is 13.7. The first kappa shape index (κ1) is 20.1. The zero-order valence-electron chi connectivity index (χ0n) is 16.3. The number of hydrogen-bond donors (Lipinski definition) is 2. The van der Waals surface area contributed by atoms with Gasteiger partial charge in [-0.15, -0.1) is 0 Å². The molecule has 2 aromatic rings. The van der Waals surface area contributed by atoms with Crippen LogP contribution in [0.2, 0.25) is 0 Å². The number of benzene rings is 2. The molecule has 7 heteroatoms. The van der Waals surface area contributed by atoms with Crippen molar-refractivity contribution in [3.05, 3.63) is 54.1 Å². The van der Waals surface area contributed by atoms with E-state index in [0.717, 1.165) is 48.9 Å². The van der Waals surface area contributed by atoms with E-state index in [1.165, 1.54) is 0 Å². The first-order chi connectivity index (χ1) is 13.5. The lowest BCUT2D eigenvalue weighted by Gasteiger charge is -2.29. The number of rotatable bonds is 5. The summed E-state index contributed by atoms with van der Waals surface area (Å²) < 4.78 is 5.38. The van der Waals surface area contributed by atoms with Crippen LogP contribution in [0.5, 0.6) is 0 Å². The number of carbonyl (C=O) groups excluding carboxylic acids is 1. The number of anilines is 3. The molecule has 0 aromatic heterocycles. The van der Waals surface area contributed by atoms with Crippen LogP contribution in [0.3, 0.4) is 0 Å². The van der Waals surface area contributed by atoms with Crippen LogP contribution in [0.15, 0.2) is 48.5 Å². The summed E-state index contributed by atoms with van der Waals surface area (Å²) in [6, 6.07) is 15.8. The minimum Gasteiger partial charge on any atom is -0.378 e. The molecule has 0 aliphatic carbocycles. The van der Waals surface area contributed by atoms with E-state index in [4.69, 9.17) is 17.0 Å². The summed E-state index contributed by atoms with van der Waals surface area (Å²) in [4.78, 5) is 16.4. The maximum absolute atomic E-state index is 12.4. The maximum atomic E-state index is 12.4. The molecule has 1 aliphatic heterocycles. The molecule has 0 spiro atoms. The van der Waals surface area contributed by atoms with Crippen LogP contribution in [0.1, 0.15) is 5.56 Å². The Kier molecular flexibility index (Phi) is 6.84. The fourth-order valence-electron chi connectivity index (χ4n) is 2.99. The second-order valence-corrected chi connectivity index (χ2v) is 7.18. The van der Waals surface area contributed by atoms with E-state index in [-0.39, 0.29) is 12.5 Å². The minimum absolute atomic E-state index is 0.115. The van der Waals surface area contributed by atoms with E-state index >= 15 is 0 Å². The fourth-order valence-corrected chi connectivity index (χ4v) is 3.16. The summed E-state index contributed by atoms with van der Waals surface area (Å²) in [6.07, 6.45) is 0. The topological polar surface area (TPSA) is 56.8 Å². The molecule has 0 atom stereocenters. The van der Waals surface area contributed by atoms with Crippen molar-refractivity contribution < 1.29 is 9.53 Å². The maximum Gasteiger partial charge on any atom is 0.243 e. The van der Waals surface area contributed by atoms with Crippen molar-refractivity contribution in [3.8, 4) is 0 Å². The Morgan fingerprint density at radius 2 is 1.79 bits per heavy atom. The SMILES string of the molecule is Cc1ccccc1NC(=S)N(C)CC(=O)Nc1ccc(N2CCOCC2)cc1. The van der Waals surface area contributed by atoms with Crippen molar-refractivity contribution in [1.29, 1.82) is 0 Å². The van der Waals surface area contributed by atoms with Crippen LogP contribution >= 0.6 is 12.2 Å². The van der Waals surface area contributed by atoms with E-state index in [0.29, 0.717) is 5.11 Å².